The number of aromatic carboxylic acids is 1. The molecule has 1 N–H and O–H groups in total. The molecule has 0 radical (unpaired) electrons. The van der Waals surface area contributed by atoms with E-state index in [0.29, 0.717) is 11.0 Å². The highest BCUT2D eigenvalue weighted by Crippen LogP contribution is 2.45. The van der Waals surface area contributed by atoms with Crippen molar-refractivity contribution < 1.29 is 9.90 Å². The maximum absolute atomic E-state index is 11.3. The second-order valence-electron chi connectivity index (χ2n) is 5.93. The van der Waals surface area contributed by atoms with Crippen molar-refractivity contribution in [1.29, 1.82) is 0 Å². The number of carboxylic acids is 1. The van der Waals surface area contributed by atoms with Crippen LogP contribution in [0.3, 0.4) is 0 Å². The molecule has 19 heavy (non-hydrogen) atoms. The zero-order chi connectivity index (χ0) is 13.3. The summed E-state index contributed by atoms with van der Waals surface area (Å²) in [6.45, 7) is 1.96. The molecule has 0 bridgehead atoms. The van der Waals surface area contributed by atoms with Gasteiger partial charge in [-0.2, -0.15) is 0 Å². The lowest BCUT2D eigenvalue weighted by Crippen LogP contribution is -2.30. The summed E-state index contributed by atoms with van der Waals surface area (Å²) in [6.07, 6.45) is 11.1. The molecule has 0 atom stereocenters. The van der Waals surface area contributed by atoms with Gasteiger partial charge in [0.2, 0.25) is 0 Å². The van der Waals surface area contributed by atoms with Gasteiger partial charge in [0.05, 0.1) is 17.4 Å². The maximum atomic E-state index is 11.3. The first-order valence-electron chi connectivity index (χ1n) is 7.13. The van der Waals surface area contributed by atoms with Crippen molar-refractivity contribution in [3.63, 3.8) is 0 Å². The van der Waals surface area contributed by atoms with Crippen molar-refractivity contribution in [2.75, 3.05) is 18.0 Å². The molecule has 2 heterocycles. The SMILES string of the molecule is O=C(O)c1ccncc1N1CCC2(CCCCC2)C1. The smallest absolute Gasteiger partial charge is 0.337 e. The van der Waals surface area contributed by atoms with Crippen LogP contribution in [0.2, 0.25) is 0 Å². The monoisotopic (exact) mass is 260 g/mol. The summed E-state index contributed by atoms with van der Waals surface area (Å²) in [5.41, 5.74) is 1.60. The third-order valence-corrected chi connectivity index (χ3v) is 4.72. The van der Waals surface area contributed by atoms with Crippen molar-refractivity contribution in [3.8, 4) is 0 Å². The van der Waals surface area contributed by atoms with Crippen molar-refractivity contribution >= 4 is 11.7 Å². The third kappa shape index (κ3) is 2.31. The first kappa shape index (κ1) is 12.5. The number of pyridine rings is 1. The van der Waals surface area contributed by atoms with Gasteiger partial charge in [-0.1, -0.05) is 19.3 Å². The van der Waals surface area contributed by atoms with E-state index in [2.05, 4.69) is 9.88 Å². The normalized spacial score (nSPS) is 21.8. The predicted molar refractivity (Wildman–Crippen MR) is 73.5 cm³/mol. The van der Waals surface area contributed by atoms with E-state index in [1.54, 1.807) is 18.5 Å². The number of carboxylic acid groups (broad SMARTS) is 1. The Morgan fingerprint density at radius 2 is 2.05 bits per heavy atom. The molecule has 3 rings (SSSR count). The van der Waals surface area contributed by atoms with Crippen molar-refractivity contribution in [2.24, 2.45) is 5.41 Å². The Balaban J connectivity index is 1.83. The van der Waals surface area contributed by atoms with E-state index >= 15 is 0 Å². The van der Waals surface area contributed by atoms with Crippen LogP contribution in [0, 0.1) is 5.41 Å². The second kappa shape index (κ2) is 4.83. The first-order chi connectivity index (χ1) is 9.20. The molecule has 102 valence electrons. The molecule has 2 fully saturated rings. The Hall–Kier alpha value is -1.58. The van der Waals surface area contributed by atoms with Gasteiger partial charge in [0, 0.05) is 19.3 Å². The Morgan fingerprint density at radius 1 is 1.26 bits per heavy atom. The molecule has 1 saturated heterocycles. The van der Waals surface area contributed by atoms with Crippen LogP contribution in [-0.2, 0) is 0 Å². The lowest BCUT2D eigenvalue weighted by molar-refractivity contribution is 0.0697. The van der Waals surface area contributed by atoms with E-state index in [1.807, 2.05) is 0 Å². The van der Waals surface area contributed by atoms with E-state index in [-0.39, 0.29) is 0 Å². The summed E-state index contributed by atoms with van der Waals surface area (Å²) in [6, 6.07) is 1.60. The Kier molecular flexibility index (Phi) is 3.17. The molecular formula is C15H20N2O2. The predicted octanol–water partition coefficient (Wildman–Crippen LogP) is 2.94. The number of carbonyl (C=O) groups is 1. The fraction of sp³-hybridized carbons (Fsp3) is 0.600. The van der Waals surface area contributed by atoms with Gasteiger partial charge in [0.1, 0.15) is 0 Å². The second-order valence-corrected chi connectivity index (χ2v) is 5.93. The molecule has 4 nitrogen and oxygen atoms in total. The van der Waals surface area contributed by atoms with Gasteiger partial charge in [-0.15, -0.1) is 0 Å². The number of aromatic nitrogens is 1. The molecule has 2 aliphatic rings. The average Bonchev–Trinajstić information content (AvgIpc) is 2.83. The maximum Gasteiger partial charge on any atom is 0.337 e. The van der Waals surface area contributed by atoms with Crippen LogP contribution < -0.4 is 4.90 Å². The summed E-state index contributed by atoms with van der Waals surface area (Å²) >= 11 is 0. The van der Waals surface area contributed by atoms with Gasteiger partial charge >= 0.3 is 5.97 Å². The van der Waals surface area contributed by atoms with Crippen LogP contribution in [0.15, 0.2) is 18.5 Å². The van der Waals surface area contributed by atoms with Gasteiger partial charge in [-0.3, -0.25) is 4.98 Å². The van der Waals surface area contributed by atoms with Gasteiger partial charge in [0.25, 0.3) is 0 Å². The molecule has 1 aromatic heterocycles. The van der Waals surface area contributed by atoms with E-state index < -0.39 is 5.97 Å². The molecule has 1 saturated carbocycles. The summed E-state index contributed by atoms with van der Waals surface area (Å²) in [7, 11) is 0. The van der Waals surface area contributed by atoms with Crippen LogP contribution in [0.1, 0.15) is 48.9 Å². The summed E-state index contributed by atoms with van der Waals surface area (Å²) in [5, 5.41) is 9.27. The molecule has 1 aliphatic carbocycles. The largest absolute Gasteiger partial charge is 0.478 e. The highest BCUT2D eigenvalue weighted by Gasteiger charge is 2.39. The number of nitrogens with zero attached hydrogens (tertiary/aromatic N) is 2. The number of rotatable bonds is 2. The Bertz CT molecular complexity index is 481. The number of anilines is 1. The van der Waals surface area contributed by atoms with Crippen LogP contribution in [0.4, 0.5) is 5.69 Å². The van der Waals surface area contributed by atoms with Crippen LogP contribution in [0.5, 0.6) is 0 Å². The van der Waals surface area contributed by atoms with Gasteiger partial charge in [-0.25, -0.2) is 4.79 Å². The molecule has 1 aliphatic heterocycles. The molecular weight excluding hydrogens is 240 g/mol. The summed E-state index contributed by atoms with van der Waals surface area (Å²) < 4.78 is 0. The molecule has 1 spiro atoms. The van der Waals surface area contributed by atoms with Crippen molar-refractivity contribution in [3.05, 3.63) is 24.0 Å². The molecule has 4 heteroatoms. The average molecular weight is 260 g/mol. The summed E-state index contributed by atoms with van der Waals surface area (Å²) in [4.78, 5) is 17.6. The van der Waals surface area contributed by atoms with Crippen LogP contribution in [-0.4, -0.2) is 29.1 Å². The van der Waals surface area contributed by atoms with Gasteiger partial charge in [0.15, 0.2) is 0 Å². The zero-order valence-corrected chi connectivity index (χ0v) is 11.1. The number of hydrogen-bond donors (Lipinski definition) is 1. The van der Waals surface area contributed by atoms with Crippen molar-refractivity contribution in [2.45, 2.75) is 38.5 Å². The molecule has 0 amide bonds. The van der Waals surface area contributed by atoms with Gasteiger partial charge in [-0.05, 0) is 30.7 Å². The lowest BCUT2D eigenvalue weighted by atomic mass is 9.73. The molecule has 1 aromatic rings. The zero-order valence-electron chi connectivity index (χ0n) is 11.1. The Labute approximate surface area is 113 Å². The first-order valence-corrected chi connectivity index (χ1v) is 7.13. The fourth-order valence-electron chi connectivity index (χ4n) is 3.67. The van der Waals surface area contributed by atoms with Crippen LogP contribution in [0.25, 0.3) is 0 Å². The van der Waals surface area contributed by atoms with E-state index in [0.717, 1.165) is 18.8 Å². The quantitative estimate of drug-likeness (QED) is 0.888. The minimum atomic E-state index is -0.859. The minimum absolute atomic E-state index is 0.378. The van der Waals surface area contributed by atoms with Crippen LogP contribution >= 0.6 is 0 Å². The standard InChI is InChI=1S/C15H20N2O2/c18-14(19)12-4-8-16-10-13(12)17-9-7-15(11-17)5-2-1-3-6-15/h4,8,10H,1-3,5-7,9,11H2,(H,18,19). The van der Waals surface area contributed by atoms with E-state index in [9.17, 15) is 9.90 Å². The Morgan fingerprint density at radius 3 is 2.79 bits per heavy atom. The topological polar surface area (TPSA) is 53.4 Å². The molecule has 0 unspecified atom stereocenters. The van der Waals surface area contributed by atoms with E-state index in [1.165, 1.54) is 38.5 Å². The third-order valence-electron chi connectivity index (χ3n) is 4.72. The van der Waals surface area contributed by atoms with Crippen molar-refractivity contribution in [1.82, 2.24) is 4.98 Å². The van der Waals surface area contributed by atoms with E-state index in [4.69, 9.17) is 0 Å². The number of hydrogen-bond acceptors (Lipinski definition) is 3. The highest BCUT2D eigenvalue weighted by molar-refractivity contribution is 5.94. The fourth-order valence-corrected chi connectivity index (χ4v) is 3.67. The lowest BCUT2D eigenvalue weighted by Gasteiger charge is -2.33. The minimum Gasteiger partial charge on any atom is -0.478 e. The summed E-state index contributed by atoms with van der Waals surface area (Å²) in [5.74, 6) is -0.859. The van der Waals surface area contributed by atoms with Gasteiger partial charge < -0.3 is 10.0 Å². The highest BCUT2D eigenvalue weighted by atomic mass is 16.4. The molecule has 0 aromatic carbocycles.